The van der Waals surface area contributed by atoms with Gasteiger partial charge in [0.1, 0.15) is 11.7 Å². The molecule has 0 unspecified atom stereocenters. The third-order valence-electron chi connectivity index (χ3n) is 2.34. The Bertz CT molecular complexity index is 487. The predicted molar refractivity (Wildman–Crippen MR) is 59.8 cm³/mol. The SMILES string of the molecule is O=C(N[C@H](CCO)C(=O)O)c1ccc(C(F)(F)F)cn1. The monoisotopic (exact) mass is 292 g/mol. The van der Waals surface area contributed by atoms with Crippen LogP contribution in [0.4, 0.5) is 13.2 Å². The molecule has 6 nitrogen and oxygen atoms in total. The van der Waals surface area contributed by atoms with Crippen molar-refractivity contribution in [1.29, 1.82) is 0 Å². The lowest BCUT2D eigenvalue weighted by molar-refractivity contribution is -0.139. The molecular formula is C11H11F3N2O4. The molecule has 110 valence electrons. The molecule has 0 aliphatic carbocycles. The fourth-order valence-corrected chi connectivity index (χ4v) is 1.31. The molecule has 1 heterocycles. The lowest BCUT2D eigenvalue weighted by atomic mass is 10.2. The Morgan fingerprint density at radius 3 is 2.40 bits per heavy atom. The van der Waals surface area contributed by atoms with E-state index in [0.717, 1.165) is 6.07 Å². The quantitative estimate of drug-likeness (QED) is 0.740. The molecule has 0 saturated heterocycles. The molecule has 1 aromatic heterocycles. The molecule has 0 radical (unpaired) electrons. The van der Waals surface area contributed by atoms with Gasteiger partial charge in [-0.3, -0.25) is 9.78 Å². The molecule has 3 N–H and O–H groups in total. The number of nitrogens with zero attached hydrogens (tertiary/aromatic N) is 1. The largest absolute Gasteiger partial charge is 0.480 e. The molecule has 0 aromatic carbocycles. The second-order valence-corrected chi connectivity index (χ2v) is 3.81. The second kappa shape index (κ2) is 6.33. The molecule has 1 rings (SSSR count). The zero-order valence-corrected chi connectivity index (χ0v) is 10.0. The van der Waals surface area contributed by atoms with Gasteiger partial charge in [-0.1, -0.05) is 0 Å². The average molecular weight is 292 g/mol. The summed E-state index contributed by atoms with van der Waals surface area (Å²) in [7, 11) is 0. The van der Waals surface area contributed by atoms with Gasteiger partial charge in [0.2, 0.25) is 0 Å². The Balaban J connectivity index is 2.80. The molecule has 0 spiro atoms. The fraction of sp³-hybridized carbons (Fsp3) is 0.364. The van der Waals surface area contributed by atoms with Gasteiger partial charge in [0, 0.05) is 19.2 Å². The first kappa shape index (κ1) is 15.9. The minimum Gasteiger partial charge on any atom is -0.480 e. The summed E-state index contributed by atoms with van der Waals surface area (Å²) in [5, 5.41) is 19.4. The van der Waals surface area contributed by atoms with E-state index in [2.05, 4.69) is 4.98 Å². The van der Waals surface area contributed by atoms with E-state index in [1.54, 1.807) is 0 Å². The number of halogens is 3. The summed E-state index contributed by atoms with van der Waals surface area (Å²) in [4.78, 5) is 25.7. The predicted octanol–water partition coefficient (Wildman–Crippen LogP) is 0.666. The van der Waals surface area contributed by atoms with Gasteiger partial charge in [-0.25, -0.2) is 4.79 Å². The number of carboxylic acid groups (broad SMARTS) is 1. The Labute approximate surface area is 111 Å². The van der Waals surface area contributed by atoms with Crippen molar-refractivity contribution in [2.75, 3.05) is 6.61 Å². The summed E-state index contributed by atoms with van der Waals surface area (Å²) in [6.07, 6.45) is -4.30. The van der Waals surface area contributed by atoms with E-state index < -0.39 is 36.3 Å². The number of aliphatic carboxylic acids is 1. The van der Waals surface area contributed by atoms with Gasteiger partial charge in [0.25, 0.3) is 5.91 Å². The van der Waals surface area contributed by atoms with Crippen molar-refractivity contribution in [3.8, 4) is 0 Å². The molecule has 1 atom stereocenters. The third-order valence-corrected chi connectivity index (χ3v) is 2.34. The van der Waals surface area contributed by atoms with E-state index in [9.17, 15) is 22.8 Å². The first-order valence-electron chi connectivity index (χ1n) is 5.43. The van der Waals surface area contributed by atoms with Crippen molar-refractivity contribution in [3.05, 3.63) is 29.6 Å². The summed E-state index contributed by atoms with van der Waals surface area (Å²) in [6, 6.07) is 0.177. The third kappa shape index (κ3) is 4.19. The smallest absolute Gasteiger partial charge is 0.417 e. The van der Waals surface area contributed by atoms with Crippen LogP contribution in [0.5, 0.6) is 0 Å². The number of hydrogen-bond donors (Lipinski definition) is 3. The van der Waals surface area contributed by atoms with E-state index in [1.807, 2.05) is 5.32 Å². The molecule has 1 aromatic rings. The highest BCUT2D eigenvalue weighted by Gasteiger charge is 2.31. The lowest BCUT2D eigenvalue weighted by Gasteiger charge is -2.13. The van der Waals surface area contributed by atoms with Crippen LogP contribution in [-0.4, -0.2) is 39.7 Å². The van der Waals surface area contributed by atoms with Crippen LogP contribution in [0.25, 0.3) is 0 Å². The van der Waals surface area contributed by atoms with Crippen molar-refractivity contribution in [3.63, 3.8) is 0 Å². The molecule has 0 bridgehead atoms. The summed E-state index contributed by atoms with van der Waals surface area (Å²) < 4.78 is 36.9. The van der Waals surface area contributed by atoms with Crippen LogP contribution in [0.15, 0.2) is 18.3 Å². The second-order valence-electron chi connectivity index (χ2n) is 3.81. The van der Waals surface area contributed by atoms with Gasteiger partial charge in [-0.2, -0.15) is 13.2 Å². The van der Waals surface area contributed by atoms with Gasteiger partial charge in [0.05, 0.1) is 5.56 Å². The Morgan fingerprint density at radius 1 is 1.35 bits per heavy atom. The van der Waals surface area contributed by atoms with Gasteiger partial charge in [-0.05, 0) is 12.1 Å². The zero-order valence-electron chi connectivity index (χ0n) is 10.0. The summed E-state index contributed by atoms with van der Waals surface area (Å²) in [5.41, 5.74) is -1.36. The maximum atomic E-state index is 12.3. The summed E-state index contributed by atoms with van der Waals surface area (Å²) in [6.45, 7) is -0.461. The fourth-order valence-electron chi connectivity index (χ4n) is 1.31. The van der Waals surface area contributed by atoms with E-state index >= 15 is 0 Å². The van der Waals surface area contributed by atoms with Crippen LogP contribution in [-0.2, 0) is 11.0 Å². The normalized spacial score (nSPS) is 12.8. The summed E-state index contributed by atoms with van der Waals surface area (Å²) in [5.74, 6) is -2.29. The number of carboxylic acids is 1. The average Bonchev–Trinajstić information content (AvgIpc) is 2.37. The number of carbonyl (C=O) groups excluding carboxylic acids is 1. The first-order valence-corrected chi connectivity index (χ1v) is 5.43. The number of carbonyl (C=O) groups is 2. The van der Waals surface area contributed by atoms with Crippen molar-refractivity contribution >= 4 is 11.9 Å². The van der Waals surface area contributed by atoms with E-state index in [4.69, 9.17) is 10.2 Å². The number of pyridine rings is 1. The van der Waals surface area contributed by atoms with Crippen molar-refractivity contribution in [2.45, 2.75) is 18.6 Å². The minimum atomic E-state index is -4.57. The van der Waals surface area contributed by atoms with Crippen molar-refractivity contribution < 1.29 is 33.0 Å². The lowest BCUT2D eigenvalue weighted by Crippen LogP contribution is -2.41. The Kier molecular flexibility index (Phi) is 5.03. The number of hydrogen-bond acceptors (Lipinski definition) is 4. The van der Waals surface area contributed by atoms with Gasteiger partial charge in [-0.15, -0.1) is 0 Å². The van der Waals surface area contributed by atoms with Gasteiger partial charge >= 0.3 is 12.1 Å². The van der Waals surface area contributed by atoms with Crippen LogP contribution in [0.2, 0.25) is 0 Å². The van der Waals surface area contributed by atoms with Crippen LogP contribution >= 0.6 is 0 Å². The standard InChI is InChI=1S/C11H11F3N2O4/c12-11(13,14)6-1-2-7(15-5-6)9(18)16-8(3-4-17)10(19)20/h1-2,5,8,17H,3-4H2,(H,16,18)(H,19,20)/t8-/m1/s1. The Morgan fingerprint density at radius 2 is 2.00 bits per heavy atom. The van der Waals surface area contributed by atoms with Crippen LogP contribution in [0.3, 0.4) is 0 Å². The van der Waals surface area contributed by atoms with Gasteiger partial charge in [0.15, 0.2) is 0 Å². The van der Waals surface area contributed by atoms with Crippen LogP contribution < -0.4 is 5.32 Å². The van der Waals surface area contributed by atoms with Crippen molar-refractivity contribution in [1.82, 2.24) is 10.3 Å². The number of amides is 1. The maximum Gasteiger partial charge on any atom is 0.417 e. The number of alkyl halides is 3. The number of aliphatic hydroxyl groups is 1. The van der Waals surface area contributed by atoms with E-state index in [0.29, 0.717) is 12.3 Å². The number of aromatic nitrogens is 1. The Hall–Kier alpha value is -2.16. The number of aliphatic hydroxyl groups excluding tert-OH is 1. The first-order chi connectivity index (χ1) is 9.25. The number of rotatable bonds is 5. The molecule has 1 amide bonds. The van der Waals surface area contributed by atoms with Crippen LogP contribution in [0, 0.1) is 0 Å². The highest BCUT2D eigenvalue weighted by atomic mass is 19.4. The molecule has 9 heteroatoms. The number of nitrogens with one attached hydrogen (secondary N) is 1. The molecule has 20 heavy (non-hydrogen) atoms. The van der Waals surface area contributed by atoms with E-state index in [-0.39, 0.29) is 12.1 Å². The van der Waals surface area contributed by atoms with Crippen LogP contribution in [0.1, 0.15) is 22.5 Å². The molecule has 0 saturated carbocycles. The minimum absolute atomic E-state index is 0.221. The summed E-state index contributed by atoms with van der Waals surface area (Å²) >= 11 is 0. The molecule has 0 fully saturated rings. The molecular weight excluding hydrogens is 281 g/mol. The van der Waals surface area contributed by atoms with Crippen molar-refractivity contribution in [2.24, 2.45) is 0 Å². The molecule has 0 aliphatic rings. The topological polar surface area (TPSA) is 99.5 Å². The van der Waals surface area contributed by atoms with Gasteiger partial charge < -0.3 is 15.5 Å². The molecule has 0 aliphatic heterocycles. The maximum absolute atomic E-state index is 12.3. The highest BCUT2D eigenvalue weighted by molar-refractivity contribution is 5.94. The highest BCUT2D eigenvalue weighted by Crippen LogP contribution is 2.28. The van der Waals surface area contributed by atoms with E-state index in [1.165, 1.54) is 0 Å². The zero-order chi connectivity index (χ0) is 15.3.